The van der Waals surface area contributed by atoms with Crippen LogP contribution < -0.4 is 0 Å². The number of non-ortho nitro benzene ring substituents is 1. The van der Waals surface area contributed by atoms with Crippen LogP contribution >= 0.6 is 11.8 Å². The van der Waals surface area contributed by atoms with Gasteiger partial charge in [0.05, 0.1) is 29.6 Å². The van der Waals surface area contributed by atoms with Gasteiger partial charge in [-0.15, -0.1) is 11.8 Å². The fourth-order valence-electron chi connectivity index (χ4n) is 4.58. The van der Waals surface area contributed by atoms with E-state index >= 15 is 0 Å². The molecule has 0 unspecified atom stereocenters. The van der Waals surface area contributed by atoms with Gasteiger partial charge in [-0.2, -0.15) is 0 Å². The largest absolute Gasteiger partial charge is 0.480 e. The lowest BCUT2D eigenvalue weighted by atomic mass is 9.72. The number of rotatable bonds is 5. The summed E-state index contributed by atoms with van der Waals surface area (Å²) in [6.45, 7) is 3.33. The van der Waals surface area contributed by atoms with E-state index in [2.05, 4.69) is 0 Å². The summed E-state index contributed by atoms with van der Waals surface area (Å²) in [5.41, 5.74) is 0.593. The number of nitro groups is 1. The van der Waals surface area contributed by atoms with Gasteiger partial charge in [0.2, 0.25) is 0 Å². The highest BCUT2D eigenvalue weighted by Gasteiger charge is 2.61. The topological polar surface area (TPSA) is 136 Å². The van der Waals surface area contributed by atoms with Gasteiger partial charge in [-0.1, -0.05) is 12.1 Å². The first-order chi connectivity index (χ1) is 14.6. The van der Waals surface area contributed by atoms with Crippen molar-refractivity contribution in [1.29, 1.82) is 0 Å². The number of carbonyl (C=O) groups is 3. The molecular weight excluding hydrogens is 428 g/mol. The number of benzene rings is 1. The van der Waals surface area contributed by atoms with Crippen molar-refractivity contribution >= 4 is 35.4 Å². The van der Waals surface area contributed by atoms with E-state index in [9.17, 15) is 29.6 Å². The Morgan fingerprint density at radius 2 is 1.97 bits per heavy atom. The minimum Gasteiger partial charge on any atom is -0.480 e. The lowest BCUT2D eigenvalue weighted by molar-refractivity contribution is -0.384. The van der Waals surface area contributed by atoms with Crippen molar-refractivity contribution in [1.82, 2.24) is 4.90 Å². The maximum absolute atomic E-state index is 13.0. The minimum absolute atomic E-state index is 0.0737. The number of allylic oxidation sites excluding steroid dienone is 1. The van der Waals surface area contributed by atoms with Gasteiger partial charge in [0.25, 0.3) is 5.69 Å². The second-order valence-electron chi connectivity index (χ2n) is 7.41. The Kier molecular flexibility index (Phi) is 5.99. The third-order valence-corrected chi connectivity index (χ3v) is 7.40. The zero-order chi connectivity index (χ0) is 23.1. The first kappa shape index (κ1) is 22.6. The van der Waals surface area contributed by atoms with Crippen molar-refractivity contribution in [3.8, 4) is 0 Å². The van der Waals surface area contributed by atoms with Crippen LogP contribution in [0.25, 0.3) is 0 Å². The molecule has 1 fully saturated rings. The molecule has 2 aliphatic rings. The summed E-state index contributed by atoms with van der Waals surface area (Å²) in [5.74, 6) is -4.25. The molecule has 11 heteroatoms. The average Bonchev–Trinajstić information content (AvgIpc) is 3.11. The molecule has 0 saturated carbocycles. The van der Waals surface area contributed by atoms with E-state index in [1.54, 1.807) is 24.8 Å². The van der Waals surface area contributed by atoms with Crippen LogP contribution in [0.15, 0.2) is 35.5 Å². The summed E-state index contributed by atoms with van der Waals surface area (Å²) >= 11 is 1.27. The number of thioether (sulfide) groups is 1. The van der Waals surface area contributed by atoms with Gasteiger partial charge in [0, 0.05) is 29.5 Å². The summed E-state index contributed by atoms with van der Waals surface area (Å²) in [6.07, 6.45) is 0. The maximum atomic E-state index is 13.0. The second kappa shape index (κ2) is 8.22. The lowest BCUT2D eigenvalue weighted by Gasteiger charge is -2.50. The summed E-state index contributed by atoms with van der Waals surface area (Å²) < 4.78 is 10.0. The van der Waals surface area contributed by atoms with E-state index in [1.807, 2.05) is 0 Å². The minimum atomic E-state index is -1.09. The van der Waals surface area contributed by atoms with Crippen LogP contribution in [0.2, 0.25) is 0 Å². The van der Waals surface area contributed by atoms with E-state index in [-0.39, 0.29) is 17.0 Å². The molecule has 2 aliphatic heterocycles. The zero-order valence-electron chi connectivity index (χ0n) is 17.4. The number of aliphatic carboxylic acids is 1. The number of methoxy groups -OCH3 is 2. The Balaban J connectivity index is 2.35. The van der Waals surface area contributed by atoms with Gasteiger partial charge in [0.1, 0.15) is 12.0 Å². The van der Waals surface area contributed by atoms with Gasteiger partial charge >= 0.3 is 17.9 Å². The second-order valence-corrected chi connectivity index (χ2v) is 8.86. The number of fused-ring (bicyclic) bond motifs is 1. The van der Waals surface area contributed by atoms with Crippen LogP contribution in [0, 0.1) is 16.0 Å². The number of carbonyl (C=O) groups excluding carboxylic acids is 2. The van der Waals surface area contributed by atoms with Crippen molar-refractivity contribution < 1.29 is 33.9 Å². The lowest BCUT2D eigenvalue weighted by Crippen LogP contribution is -2.58. The van der Waals surface area contributed by atoms with Crippen LogP contribution in [-0.2, 0) is 23.9 Å². The standard InChI is InChI=1S/C20H22N2O8S/c1-10-14(18(25)29-3)15(11-6-5-7-12(8-11)22(27)28)16(19(26)30-4)20(2)21(10)13(9-31-20)17(23)24/h5-8,13,15-16H,9H2,1-4H3,(H,23,24)/t13-,15-,16-,20-/m0/s1. The smallest absolute Gasteiger partial charge is 0.336 e. The average molecular weight is 450 g/mol. The molecule has 0 aliphatic carbocycles. The number of nitro benzene ring substituents is 1. The number of hydrogen-bond acceptors (Lipinski definition) is 9. The van der Waals surface area contributed by atoms with E-state index < -0.39 is 45.6 Å². The fraction of sp³-hybridized carbons (Fsp3) is 0.450. The third kappa shape index (κ3) is 3.52. The molecule has 0 radical (unpaired) electrons. The maximum Gasteiger partial charge on any atom is 0.336 e. The Morgan fingerprint density at radius 1 is 1.29 bits per heavy atom. The first-order valence-electron chi connectivity index (χ1n) is 9.35. The van der Waals surface area contributed by atoms with Gasteiger partial charge < -0.3 is 19.5 Å². The van der Waals surface area contributed by atoms with Crippen molar-refractivity contribution in [2.75, 3.05) is 20.0 Å². The zero-order valence-corrected chi connectivity index (χ0v) is 18.2. The van der Waals surface area contributed by atoms with Crippen molar-refractivity contribution in [3.63, 3.8) is 0 Å². The van der Waals surface area contributed by atoms with Crippen LogP contribution in [0.4, 0.5) is 5.69 Å². The summed E-state index contributed by atoms with van der Waals surface area (Å²) in [6, 6.07) is 4.73. The highest BCUT2D eigenvalue weighted by molar-refractivity contribution is 8.01. The predicted octanol–water partition coefficient (Wildman–Crippen LogP) is 2.15. The molecule has 0 aromatic heterocycles. The Labute approximate surface area is 182 Å². The Morgan fingerprint density at radius 3 is 2.52 bits per heavy atom. The summed E-state index contributed by atoms with van der Waals surface area (Å²) in [5, 5.41) is 21.1. The number of esters is 2. The summed E-state index contributed by atoms with van der Waals surface area (Å²) in [7, 11) is 2.39. The number of nitrogens with zero attached hydrogens (tertiary/aromatic N) is 2. The van der Waals surface area contributed by atoms with E-state index in [1.165, 1.54) is 44.2 Å². The van der Waals surface area contributed by atoms with Crippen LogP contribution in [-0.4, -0.2) is 63.7 Å². The van der Waals surface area contributed by atoms with Crippen LogP contribution in [0.5, 0.6) is 0 Å². The number of carboxylic acid groups (broad SMARTS) is 1. The van der Waals surface area contributed by atoms with E-state index in [0.717, 1.165) is 0 Å². The molecule has 2 heterocycles. The molecule has 31 heavy (non-hydrogen) atoms. The molecule has 0 spiro atoms. The molecule has 1 aromatic carbocycles. The number of hydrogen-bond donors (Lipinski definition) is 1. The number of carboxylic acids is 1. The molecule has 0 bridgehead atoms. The Bertz CT molecular complexity index is 993. The molecule has 0 amide bonds. The third-order valence-electron chi connectivity index (χ3n) is 5.88. The highest BCUT2D eigenvalue weighted by Crippen LogP contribution is 2.57. The molecule has 10 nitrogen and oxygen atoms in total. The molecular formula is C20H22N2O8S. The SMILES string of the molecule is COC(=O)C1=C(C)N2[C@H](C(=O)O)CS[C@@]2(C)[C@H](C(=O)OC)[C@H]1c1cccc([N+](=O)[O-])c1. The van der Waals surface area contributed by atoms with Crippen molar-refractivity contribution in [2.45, 2.75) is 30.7 Å². The molecule has 1 saturated heterocycles. The van der Waals surface area contributed by atoms with Gasteiger partial charge in [-0.25, -0.2) is 9.59 Å². The quantitative estimate of drug-likeness (QED) is 0.403. The van der Waals surface area contributed by atoms with E-state index in [4.69, 9.17) is 9.47 Å². The first-order valence-corrected chi connectivity index (χ1v) is 10.3. The molecule has 4 atom stereocenters. The predicted molar refractivity (Wildman–Crippen MR) is 110 cm³/mol. The molecule has 1 aromatic rings. The molecule has 3 rings (SSSR count). The van der Waals surface area contributed by atoms with Gasteiger partial charge in [-0.05, 0) is 19.4 Å². The molecule has 166 valence electrons. The van der Waals surface area contributed by atoms with Gasteiger partial charge in [0.15, 0.2) is 0 Å². The van der Waals surface area contributed by atoms with E-state index in [0.29, 0.717) is 11.3 Å². The van der Waals surface area contributed by atoms with Crippen LogP contribution in [0.3, 0.4) is 0 Å². The number of ether oxygens (including phenoxy) is 2. The highest BCUT2D eigenvalue weighted by atomic mass is 32.2. The van der Waals surface area contributed by atoms with Crippen LogP contribution in [0.1, 0.15) is 25.3 Å². The normalized spacial score (nSPS) is 27.5. The molecule has 1 N–H and O–H groups in total. The monoisotopic (exact) mass is 450 g/mol. The van der Waals surface area contributed by atoms with Crippen molar-refractivity contribution in [2.24, 2.45) is 5.92 Å². The fourth-order valence-corrected chi connectivity index (χ4v) is 6.18. The summed E-state index contributed by atoms with van der Waals surface area (Å²) in [4.78, 5) is 49.1. The van der Waals surface area contributed by atoms with Gasteiger partial charge in [-0.3, -0.25) is 14.9 Å². The Hall–Kier alpha value is -3.08. The van der Waals surface area contributed by atoms with Crippen molar-refractivity contribution in [3.05, 3.63) is 51.2 Å².